The Kier molecular flexibility index (Phi) is 5.99. The number of aromatic nitrogens is 3. The maximum Gasteiger partial charge on any atom is 0.263 e. The fourth-order valence-electron chi connectivity index (χ4n) is 3.22. The summed E-state index contributed by atoms with van der Waals surface area (Å²) in [7, 11) is 0. The maximum atomic E-state index is 13.1. The zero-order valence-electron chi connectivity index (χ0n) is 16.5. The molecule has 0 saturated carbocycles. The normalized spacial score (nSPS) is 10.9. The van der Waals surface area contributed by atoms with Crippen LogP contribution in [0.25, 0.3) is 0 Å². The Bertz CT molecular complexity index is 1140. The van der Waals surface area contributed by atoms with Crippen molar-refractivity contribution in [1.29, 1.82) is 0 Å². The van der Waals surface area contributed by atoms with Crippen LogP contribution in [-0.2, 0) is 19.5 Å². The van der Waals surface area contributed by atoms with Crippen LogP contribution in [0.3, 0.4) is 0 Å². The molecule has 0 fully saturated rings. The smallest absolute Gasteiger partial charge is 0.263 e. The third-order valence-corrected chi connectivity index (χ3v) is 5.92. The molecule has 2 aromatic heterocycles. The van der Waals surface area contributed by atoms with Crippen LogP contribution in [0, 0.1) is 12.7 Å². The van der Waals surface area contributed by atoms with Crippen molar-refractivity contribution in [3.63, 3.8) is 0 Å². The summed E-state index contributed by atoms with van der Waals surface area (Å²) in [5, 5.41) is 8.10. The minimum absolute atomic E-state index is 0.135. The SMILES string of the molecule is Cc1nc(Cc2ccc(F)cc2)sc1C(=O)NCc1ccccc1Cn1cccn1. The number of carbonyl (C=O) groups is 1. The van der Waals surface area contributed by atoms with Crippen molar-refractivity contribution in [2.24, 2.45) is 0 Å². The van der Waals surface area contributed by atoms with Crippen LogP contribution in [0.15, 0.2) is 67.0 Å². The number of carbonyl (C=O) groups excluding carboxylic acids is 1. The number of thiazole rings is 1. The van der Waals surface area contributed by atoms with Crippen molar-refractivity contribution in [1.82, 2.24) is 20.1 Å². The molecule has 5 nitrogen and oxygen atoms in total. The van der Waals surface area contributed by atoms with Crippen LogP contribution in [0.1, 0.15) is 37.1 Å². The Morgan fingerprint density at radius 3 is 2.60 bits per heavy atom. The molecule has 4 aromatic rings. The number of hydrogen-bond donors (Lipinski definition) is 1. The van der Waals surface area contributed by atoms with Crippen molar-refractivity contribution in [2.75, 3.05) is 0 Å². The quantitative estimate of drug-likeness (QED) is 0.483. The molecule has 0 aliphatic carbocycles. The lowest BCUT2D eigenvalue weighted by atomic mass is 10.1. The molecular weight excluding hydrogens is 399 g/mol. The van der Waals surface area contributed by atoms with Crippen LogP contribution in [0.4, 0.5) is 4.39 Å². The van der Waals surface area contributed by atoms with E-state index in [4.69, 9.17) is 0 Å². The van der Waals surface area contributed by atoms with Gasteiger partial charge in [0.2, 0.25) is 0 Å². The molecular formula is C23H21FN4OS. The van der Waals surface area contributed by atoms with E-state index in [0.717, 1.165) is 21.7 Å². The van der Waals surface area contributed by atoms with Gasteiger partial charge in [0.15, 0.2) is 0 Å². The fourth-order valence-corrected chi connectivity index (χ4v) is 4.24. The van der Waals surface area contributed by atoms with E-state index in [9.17, 15) is 9.18 Å². The second-order valence-electron chi connectivity index (χ2n) is 6.98. The van der Waals surface area contributed by atoms with E-state index in [2.05, 4.69) is 15.4 Å². The van der Waals surface area contributed by atoms with Gasteiger partial charge >= 0.3 is 0 Å². The van der Waals surface area contributed by atoms with Gasteiger partial charge < -0.3 is 5.32 Å². The minimum Gasteiger partial charge on any atom is -0.347 e. The minimum atomic E-state index is -0.262. The van der Waals surface area contributed by atoms with Crippen molar-refractivity contribution >= 4 is 17.2 Å². The number of benzene rings is 2. The highest BCUT2D eigenvalue weighted by Crippen LogP contribution is 2.21. The van der Waals surface area contributed by atoms with E-state index < -0.39 is 0 Å². The summed E-state index contributed by atoms with van der Waals surface area (Å²) in [6, 6.07) is 16.2. The van der Waals surface area contributed by atoms with E-state index in [1.54, 1.807) is 18.3 Å². The first-order valence-corrected chi connectivity index (χ1v) is 10.4. The molecule has 152 valence electrons. The molecule has 0 aliphatic rings. The lowest BCUT2D eigenvalue weighted by Gasteiger charge is -2.10. The molecule has 0 unspecified atom stereocenters. The second-order valence-corrected chi connectivity index (χ2v) is 8.06. The highest BCUT2D eigenvalue weighted by Gasteiger charge is 2.16. The van der Waals surface area contributed by atoms with Gasteiger partial charge in [0.25, 0.3) is 5.91 Å². The Morgan fingerprint density at radius 2 is 1.87 bits per heavy atom. The topological polar surface area (TPSA) is 59.8 Å². The molecule has 7 heteroatoms. The van der Waals surface area contributed by atoms with Gasteiger partial charge in [-0.25, -0.2) is 9.37 Å². The van der Waals surface area contributed by atoms with Gasteiger partial charge in [-0.1, -0.05) is 36.4 Å². The lowest BCUT2D eigenvalue weighted by Crippen LogP contribution is -2.23. The van der Waals surface area contributed by atoms with Crippen LogP contribution < -0.4 is 5.32 Å². The van der Waals surface area contributed by atoms with Crippen molar-refractivity contribution < 1.29 is 9.18 Å². The summed E-state index contributed by atoms with van der Waals surface area (Å²) in [4.78, 5) is 17.9. The van der Waals surface area contributed by atoms with Gasteiger partial charge in [0.05, 0.1) is 17.2 Å². The largest absolute Gasteiger partial charge is 0.347 e. The van der Waals surface area contributed by atoms with E-state index in [0.29, 0.717) is 30.1 Å². The van der Waals surface area contributed by atoms with Gasteiger partial charge in [0, 0.05) is 25.4 Å². The van der Waals surface area contributed by atoms with Gasteiger partial charge in [0.1, 0.15) is 10.7 Å². The molecule has 30 heavy (non-hydrogen) atoms. The Hall–Kier alpha value is -3.32. The van der Waals surface area contributed by atoms with E-state index in [1.807, 2.05) is 48.1 Å². The van der Waals surface area contributed by atoms with Gasteiger partial charge in [-0.3, -0.25) is 9.48 Å². The van der Waals surface area contributed by atoms with Crippen LogP contribution in [0.5, 0.6) is 0 Å². The fraction of sp³-hybridized carbons (Fsp3) is 0.174. The predicted molar refractivity (Wildman–Crippen MR) is 115 cm³/mol. The Labute approximate surface area is 178 Å². The zero-order valence-corrected chi connectivity index (χ0v) is 17.3. The molecule has 0 atom stereocenters. The van der Waals surface area contributed by atoms with Crippen LogP contribution in [0.2, 0.25) is 0 Å². The summed E-state index contributed by atoms with van der Waals surface area (Å²) >= 11 is 1.38. The predicted octanol–water partition coefficient (Wildman–Crippen LogP) is 4.36. The number of rotatable bonds is 7. The molecule has 2 heterocycles. The average Bonchev–Trinajstić information content (AvgIpc) is 3.38. The Morgan fingerprint density at radius 1 is 1.10 bits per heavy atom. The number of hydrogen-bond acceptors (Lipinski definition) is 4. The molecule has 0 radical (unpaired) electrons. The standard InChI is InChI=1S/C23H21FN4OS/c1-16-22(30-21(27-16)13-17-7-9-20(24)10-8-17)23(29)25-14-18-5-2-3-6-19(18)15-28-12-4-11-26-28/h2-12H,13-15H2,1H3,(H,25,29). The number of nitrogens with zero attached hydrogens (tertiary/aromatic N) is 3. The monoisotopic (exact) mass is 420 g/mol. The van der Waals surface area contributed by atoms with Crippen molar-refractivity contribution in [2.45, 2.75) is 26.4 Å². The van der Waals surface area contributed by atoms with Crippen molar-refractivity contribution in [3.05, 3.63) is 105 Å². The van der Waals surface area contributed by atoms with Gasteiger partial charge in [-0.15, -0.1) is 11.3 Å². The second kappa shape index (κ2) is 9.00. The number of nitrogens with one attached hydrogen (secondary N) is 1. The van der Waals surface area contributed by atoms with Gasteiger partial charge in [-0.2, -0.15) is 5.10 Å². The highest BCUT2D eigenvalue weighted by molar-refractivity contribution is 7.13. The number of halogens is 1. The van der Waals surface area contributed by atoms with E-state index in [-0.39, 0.29) is 11.7 Å². The number of aryl methyl sites for hydroxylation is 1. The van der Waals surface area contributed by atoms with E-state index in [1.165, 1.54) is 23.5 Å². The average molecular weight is 421 g/mol. The van der Waals surface area contributed by atoms with Crippen LogP contribution >= 0.6 is 11.3 Å². The summed E-state index contributed by atoms with van der Waals surface area (Å²) in [5.74, 6) is -0.397. The summed E-state index contributed by atoms with van der Waals surface area (Å²) < 4.78 is 14.9. The maximum absolute atomic E-state index is 13.1. The third-order valence-electron chi connectivity index (χ3n) is 4.77. The molecule has 1 amide bonds. The van der Waals surface area contributed by atoms with Crippen LogP contribution in [-0.4, -0.2) is 20.7 Å². The summed E-state index contributed by atoms with van der Waals surface area (Å²) in [6.07, 6.45) is 4.24. The van der Waals surface area contributed by atoms with Gasteiger partial charge in [-0.05, 0) is 41.8 Å². The first-order valence-electron chi connectivity index (χ1n) is 9.61. The molecule has 4 rings (SSSR count). The molecule has 1 N–H and O–H groups in total. The van der Waals surface area contributed by atoms with Crippen molar-refractivity contribution in [3.8, 4) is 0 Å². The lowest BCUT2D eigenvalue weighted by molar-refractivity contribution is 0.0954. The molecule has 2 aromatic carbocycles. The summed E-state index contributed by atoms with van der Waals surface area (Å²) in [6.45, 7) is 2.92. The third kappa shape index (κ3) is 4.80. The highest BCUT2D eigenvalue weighted by atomic mass is 32.1. The molecule has 0 spiro atoms. The molecule has 0 bridgehead atoms. The first-order chi connectivity index (χ1) is 14.6. The summed E-state index contributed by atoms with van der Waals surface area (Å²) in [5.41, 5.74) is 3.83. The van der Waals surface area contributed by atoms with E-state index >= 15 is 0 Å². The Balaban J connectivity index is 1.42. The zero-order chi connectivity index (χ0) is 20.9. The number of amides is 1. The first kappa shape index (κ1) is 20.0. The molecule has 0 aliphatic heterocycles. The molecule has 0 saturated heterocycles.